The molecule has 1 aromatic rings. The summed E-state index contributed by atoms with van der Waals surface area (Å²) in [6, 6.07) is 0. The first-order valence-corrected chi connectivity index (χ1v) is 8.21. The number of hydrogen-bond donors (Lipinski definition) is 0. The first kappa shape index (κ1) is 17.8. The minimum absolute atomic E-state index is 0.239. The maximum absolute atomic E-state index is 12.1. The lowest BCUT2D eigenvalue weighted by atomic mass is 10.1. The van der Waals surface area contributed by atoms with Gasteiger partial charge in [0.25, 0.3) is 0 Å². The van der Waals surface area contributed by atoms with Gasteiger partial charge in [0.15, 0.2) is 0 Å². The molecule has 1 amide bonds. The van der Waals surface area contributed by atoms with E-state index in [0.717, 1.165) is 25.1 Å². The predicted octanol–water partition coefficient (Wildman–Crippen LogP) is 3.13. The molecule has 23 heavy (non-hydrogen) atoms. The van der Waals surface area contributed by atoms with Gasteiger partial charge < -0.3 is 14.5 Å². The summed E-state index contributed by atoms with van der Waals surface area (Å²) in [5.41, 5.74) is 0.402. The Labute approximate surface area is 142 Å². The summed E-state index contributed by atoms with van der Waals surface area (Å²) in [4.78, 5) is 24.4. The summed E-state index contributed by atoms with van der Waals surface area (Å²) in [7, 11) is 1.94. The summed E-state index contributed by atoms with van der Waals surface area (Å²) >= 11 is 6.05. The van der Waals surface area contributed by atoms with Crippen molar-refractivity contribution in [3.05, 3.63) is 16.9 Å². The molecular formula is C16H25ClN4O2. The Hall–Kier alpha value is -1.56. The number of aryl methyl sites for hydroxylation is 1. The normalized spacial score (nSPS) is 18.2. The number of ether oxygens (including phenoxy) is 1. The predicted molar refractivity (Wildman–Crippen MR) is 91.0 cm³/mol. The van der Waals surface area contributed by atoms with Crippen molar-refractivity contribution in [1.29, 1.82) is 0 Å². The average molecular weight is 341 g/mol. The van der Waals surface area contributed by atoms with E-state index in [0.29, 0.717) is 23.6 Å². The number of carbonyl (C=O) groups is 1. The Balaban J connectivity index is 1.89. The van der Waals surface area contributed by atoms with Crippen LogP contribution in [0.3, 0.4) is 0 Å². The molecule has 0 radical (unpaired) electrons. The van der Waals surface area contributed by atoms with Crippen LogP contribution in [0.15, 0.2) is 6.20 Å². The van der Waals surface area contributed by atoms with Gasteiger partial charge in [-0.15, -0.1) is 0 Å². The lowest BCUT2D eigenvalue weighted by Gasteiger charge is -2.25. The molecule has 1 saturated heterocycles. The summed E-state index contributed by atoms with van der Waals surface area (Å²) in [6.07, 6.45) is 2.43. The van der Waals surface area contributed by atoms with Crippen molar-refractivity contribution in [3.63, 3.8) is 0 Å². The number of anilines is 1. The highest BCUT2D eigenvalue weighted by Crippen LogP contribution is 2.22. The van der Waals surface area contributed by atoms with Crippen molar-refractivity contribution in [2.45, 2.75) is 39.7 Å². The number of nitrogens with zero attached hydrogens (tertiary/aromatic N) is 4. The standard InChI is InChI=1S/C16H25ClN4O2/c1-11-8-18-14(19-13(11)17)20(5)9-12-6-7-21(10-12)15(22)23-16(2,3)4/h8,12H,6-7,9-10H2,1-5H3. The van der Waals surface area contributed by atoms with Crippen LogP contribution >= 0.6 is 11.6 Å². The molecule has 0 spiro atoms. The number of carbonyl (C=O) groups excluding carboxylic acids is 1. The molecule has 1 unspecified atom stereocenters. The number of amides is 1. The van der Waals surface area contributed by atoms with Crippen LogP contribution in [-0.2, 0) is 4.74 Å². The van der Waals surface area contributed by atoms with Crippen molar-refractivity contribution in [1.82, 2.24) is 14.9 Å². The van der Waals surface area contributed by atoms with Gasteiger partial charge >= 0.3 is 6.09 Å². The smallest absolute Gasteiger partial charge is 0.410 e. The number of likely N-dealkylation sites (tertiary alicyclic amines) is 1. The fraction of sp³-hybridized carbons (Fsp3) is 0.688. The Kier molecular flexibility index (Phi) is 5.34. The highest BCUT2D eigenvalue weighted by Gasteiger charge is 2.30. The van der Waals surface area contributed by atoms with E-state index in [-0.39, 0.29) is 6.09 Å². The minimum Gasteiger partial charge on any atom is -0.444 e. The lowest BCUT2D eigenvalue weighted by Crippen LogP contribution is -2.36. The molecule has 0 aliphatic carbocycles. The molecule has 2 rings (SSSR count). The highest BCUT2D eigenvalue weighted by molar-refractivity contribution is 6.30. The van der Waals surface area contributed by atoms with Crippen LogP contribution in [0, 0.1) is 12.8 Å². The SMILES string of the molecule is Cc1cnc(N(C)CC2CCN(C(=O)OC(C)(C)C)C2)nc1Cl. The third-order valence-electron chi connectivity index (χ3n) is 3.71. The Morgan fingerprint density at radius 3 is 2.83 bits per heavy atom. The van der Waals surface area contributed by atoms with Crippen LogP contribution in [-0.4, -0.2) is 53.2 Å². The molecule has 1 aliphatic heterocycles. The van der Waals surface area contributed by atoms with E-state index in [2.05, 4.69) is 9.97 Å². The van der Waals surface area contributed by atoms with Crippen LogP contribution < -0.4 is 4.90 Å². The molecule has 1 fully saturated rings. The highest BCUT2D eigenvalue weighted by atomic mass is 35.5. The second-order valence-corrected chi connectivity index (χ2v) is 7.46. The average Bonchev–Trinajstić information content (AvgIpc) is 2.88. The quantitative estimate of drug-likeness (QED) is 0.791. The van der Waals surface area contributed by atoms with Crippen LogP contribution in [0.1, 0.15) is 32.8 Å². The Morgan fingerprint density at radius 1 is 1.52 bits per heavy atom. The second kappa shape index (κ2) is 6.91. The number of halogens is 1. The maximum atomic E-state index is 12.1. The third-order valence-corrected chi connectivity index (χ3v) is 4.09. The van der Waals surface area contributed by atoms with Gasteiger partial charge in [0.1, 0.15) is 10.8 Å². The van der Waals surface area contributed by atoms with E-state index in [9.17, 15) is 4.79 Å². The summed E-state index contributed by atoms with van der Waals surface area (Å²) in [6.45, 7) is 9.71. The number of hydrogen-bond acceptors (Lipinski definition) is 5. The summed E-state index contributed by atoms with van der Waals surface area (Å²) < 4.78 is 5.42. The van der Waals surface area contributed by atoms with E-state index in [1.807, 2.05) is 39.6 Å². The zero-order valence-electron chi connectivity index (χ0n) is 14.5. The van der Waals surface area contributed by atoms with Crippen LogP contribution in [0.4, 0.5) is 10.7 Å². The van der Waals surface area contributed by atoms with Crippen molar-refractivity contribution in [3.8, 4) is 0 Å². The number of aromatic nitrogens is 2. The lowest BCUT2D eigenvalue weighted by molar-refractivity contribution is 0.0288. The van der Waals surface area contributed by atoms with Crippen molar-refractivity contribution in [2.24, 2.45) is 5.92 Å². The first-order chi connectivity index (χ1) is 10.7. The second-order valence-electron chi connectivity index (χ2n) is 7.11. The van der Waals surface area contributed by atoms with Gasteiger partial charge in [-0.1, -0.05) is 11.6 Å². The molecule has 0 N–H and O–H groups in total. The van der Waals surface area contributed by atoms with Gasteiger partial charge in [-0.05, 0) is 40.0 Å². The van der Waals surface area contributed by atoms with Gasteiger partial charge in [0, 0.05) is 38.4 Å². The molecule has 1 aliphatic rings. The molecule has 0 bridgehead atoms. The Bertz CT molecular complexity index is 574. The van der Waals surface area contributed by atoms with E-state index >= 15 is 0 Å². The van der Waals surface area contributed by atoms with Gasteiger partial charge in [0.05, 0.1) is 0 Å². The van der Waals surface area contributed by atoms with Crippen LogP contribution in [0.25, 0.3) is 0 Å². The minimum atomic E-state index is -0.460. The molecule has 128 valence electrons. The fourth-order valence-corrected chi connectivity index (χ4v) is 2.66. The molecule has 1 atom stereocenters. The van der Waals surface area contributed by atoms with E-state index in [4.69, 9.17) is 16.3 Å². The topological polar surface area (TPSA) is 58.6 Å². The third kappa shape index (κ3) is 4.96. The van der Waals surface area contributed by atoms with Gasteiger partial charge in [-0.2, -0.15) is 0 Å². The molecule has 1 aromatic heterocycles. The zero-order valence-corrected chi connectivity index (χ0v) is 15.2. The molecule has 0 aromatic carbocycles. The summed E-state index contributed by atoms with van der Waals surface area (Å²) in [5, 5.41) is 0.476. The first-order valence-electron chi connectivity index (χ1n) is 7.84. The van der Waals surface area contributed by atoms with E-state index < -0.39 is 5.60 Å². The Morgan fingerprint density at radius 2 is 2.22 bits per heavy atom. The molecule has 7 heteroatoms. The number of rotatable bonds is 3. The molecule has 6 nitrogen and oxygen atoms in total. The molecule has 0 saturated carbocycles. The van der Waals surface area contributed by atoms with Gasteiger partial charge in [-0.25, -0.2) is 14.8 Å². The van der Waals surface area contributed by atoms with Crippen LogP contribution in [0.5, 0.6) is 0 Å². The summed E-state index contributed by atoms with van der Waals surface area (Å²) in [5.74, 6) is 0.979. The van der Waals surface area contributed by atoms with Gasteiger partial charge in [0.2, 0.25) is 5.95 Å². The van der Waals surface area contributed by atoms with Crippen LogP contribution in [0.2, 0.25) is 5.15 Å². The van der Waals surface area contributed by atoms with Crippen molar-refractivity contribution in [2.75, 3.05) is 31.6 Å². The van der Waals surface area contributed by atoms with Crippen molar-refractivity contribution >= 4 is 23.6 Å². The zero-order chi connectivity index (χ0) is 17.2. The van der Waals surface area contributed by atoms with Gasteiger partial charge in [-0.3, -0.25) is 0 Å². The monoisotopic (exact) mass is 340 g/mol. The maximum Gasteiger partial charge on any atom is 0.410 e. The molecular weight excluding hydrogens is 316 g/mol. The van der Waals surface area contributed by atoms with Crippen molar-refractivity contribution < 1.29 is 9.53 Å². The molecule has 2 heterocycles. The van der Waals surface area contributed by atoms with E-state index in [1.165, 1.54) is 0 Å². The van der Waals surface area contributed by atoms with E-state index in [1.54, 1.807) is 11.1 Å². The largest absolute Gasteiger partial charge is 0.444 e. The fourth-order valence-electron chi connectivity index (χ4n) is 2.54.